The number of rotatable bonds is 9. The lowest BCUT2D eigenvalue weighted by Gasteiger charge is -2.18. The molecule has 0 heterocycles. The van der Waals surface area contributed by atoms with Crippen molar-refractivity contribution < 1.29 is 5.11 Å². The Morgan fingerprint density at radius 2 is 1.52 bits per heavy atom. The highest BCUT2D eigenvalue weighted by molar-refractivity contribution is 5.46. The van der Waals surface area contributed by atoms with Gasteiger partial charge in [0.2, 0.25) is 0 Å². The van der Waals surface area contributed by atoms with Crippen molar-refractivity contribution in [2.75, 3.05) is 6.54 Å². The molecule has 120 valence electrons. The van der Waals surface area contributed by atoms with E-state index in [4.69, 9.17) is 0 Å². The number of phenolic OH excluding ortho intramolecular Hbond substituents is 1. The van der Waals surface area contributed by atoms with Crippen LogP contribution < -0.4 is 5.32 Å². The van der Waals surface area contributed by atoms with Crippen molar-refractivity contribution in [1.29, 1.82) is 0 Å². The van der Waals surface area contributed by atoms with Gasteiger partial charge in [-0.05, 0) is 41.5 Å². The molecule has 0 spiro atoms. The maximum atomic E-state index is 10.4. The van der Waals surface area contributed by atoms with Crippen molar-refractivity contribution in [3.63, 3.8) is 0 Å². The molecule has 0 fully saturated rings. The van der Waals surface area contributed by atoms with Crippen LogP contribution in [0.3, 0.4) is 0 Å². The van der Waals surface area contributed by atoms with Gasteiger partial charge in [-0.1, -0.05) is 66.0 Å². The Balaban J connectivity index is 2.69. The molecular formula is C19H33NO. The van der Waals surface area contributed by atoms with E-state index in [2.05, 4.69) is 52.1 Å². The predicted octanol–water partition coefficient (Wildman–Crippen LogP) is 5.31. The largest absolute Gasteiger partial charge is 0.507 e. The average molecular weight is 291 g/mol. The lowest BCUT2D eigenvalue weighted by Crippen LogP contribution is -2.15. The first-order valence-corrected chi connectivity index (χ1v) is 8.53. The standard InChI is InChI=1S/C19H33NO/c1-6-7-8-9-10-20-13-16-11-17(14(2)3)19(21)18(12-16)15(4)5/h11-12,14-15,20-21H,6-10,13H2,1-5H3. The van der Waals surface area contributed by atoms with Crippen LogP contribution in [0.5, 0.6) is 5.75 Å². The van der Waals surface area contributed by atoms with Gasteiger partial charge in [-0.3, -0.25) is 0 Å². The molecule has 0 saturated heterocycles. The van der Waals surface area contributed by atoms with E-state index in [1.54, 1.807) is 0 Å². The van der Waals surface area contributed by atoms with E-state index in [9.17, 15) is 5.11 Å². The summed E-state index contributed by atoms with van der Waals surface area (Å²) in [6, 6.07) is 4.32. The molecule has 0 unspecified atom stereocenters. The Kier molecular flexibility index (Phi) is 7.81. The summed E-state index contributed by atoms with van der Waals surface area (Å²) in [7, 11) is 0. The molecule has 0 aliphatic rings. The third kappa shape index (κ3) is 5.70. The van der Waals surface area contributed by atoms with Crippen molar-refractivity contribution >= 4 is 0 Å². The summed E-state index contributed by atoms with van der Waals surface area (Å²) in [5, 5.41) is 13.9. The van der Waals surface area contributed by atoms with E-state index in [0.29, 0.717) is 17.6 Å². The lowest BCUT2D eigenvalue weighted by atomic mass is 9.91. The number of benzene rings is 1. The van der Waals surface area contributed by atoms with Gasteiger partial charge in [-0.2, -0.15) is 0 Å². The molecule has 2 nitrogen and oxygen atoms in total. The van der Waals surface area contributed by atoms with Crippen LogP contribution in [0.4, 0.5) is 0 Å². The van der Waals surface area contributed by atoms with Gasteiger partial charge in [-0.15, -0.1) is 0 Å². The highest BCUT2D eigenvalue weighted by Crippen LogP contribution is 2.34. The minimum atomic E-state index is 0.354. The second-order valence-electron chi connectivity index (χ2n) is 6.67. The van der Waals surface area contributed by atoms with Gasteiger partial charge >= 0.3 is 0 Å². The second-order valence-corrected chi connectivity index (χ2v) is 6.67. The summed E-state index contributed by atoms with van der Waals surface area (Å²) < 4.78 is 0. The number of hydrogen-bond acceptors (Lipinski definition) is 2. The molecule has 0 aliphatic heterocycles. The van der Waals surface area contributed by atoms with Crippen LogP contribution in [-0.4, -0.2) is 11.7 Å². The highest BCUT2D eigenvalue weighted by Gasteiger charge is 2.14. The number of unbranched alkanes of at least 4 members (excludes halogenated alkanes) is 3. The minimum absolute atomic E-state index is 0.354. The first kappa shape index (κ1) is 18.0. The smallest absolute Gasteiger partial charge is 0.122 e. The first-order valence-electron chi connectivity index (χ1n) is 8.53. The molecule has 0 saturated carbocycles. The van der Waals surface area contributed by atoms with Crippen LogP contribution in [0.1, 0.15) is 88.8 Å². The molecule has 1 aromatic rings. The minimum Gasteiger partial charge on any atom is -0.507 e. The molecule has 2 heteroatoms. The zero-order valence-electron chi connectivity index (χ0n) is 14.5. The molecule has 1 rings (SSSR count). The Morgan fingerprint density at radius 1 is 0.952 bits per heavy atom. The van der Waals surface area contributed by atoms with Crippen molar-refractivity contribution in [3.8, 4) is 5.75 Å². The molecule has 0 aliphatic carbocycles. The van der Waals surface area contributed by atoms with Crippen molar-refractivity contribution in [2.45, 2.75) is 78.7 Å². The fourth-order valence-corrected chi connectivity index (χ4v) is 2.64. The Morgan fingerprint density at radius 3 is 2.00 bits per heavy atom. The summed E-state index contributed by atoms with van der Waals surface area (Å²) in [5.41, 5.74) is 3.43. The highest BCUT2D eigenvalue weighted by atomic mass is 16.3. The Labute approximate surface area is 131 Å². The molecule has 0 amide bonds. The van der Waals surface area contributed by atoms with Crippen molar-refractivity contribution in [2.24, 2.45) is 0 Å². The topological polar surface area (TPSA) is 32.3 Å². The molecule has 21 heavy (non-hydrogen) atoms. The van der Waals surface area contributed by atoms with Crippen LogP contribution in [0, 0.1) is 0 Å². The van der Waals surface area contributed by atoms with E-state index in [-0.39, 0.29) is 0 Å². The summed E-state index contributed by atoms with van der Waals surface area (Å²) in [6.07, 6.45) is 5.18. The predicted molar refractivity (Wildman–Crippen MR) is 92.1 cm³/mol. The van der Waals surface area contributed by atoms with Gasteiger partial charge in [0.15, 0.2) is 0 Å². The third-order valence-electron chi connectivity index (χ3n) is 4.01. The van der Waals surface area contributed by atoms with Crippen LogP contribution in [0.15, 0.2) is 12.1 Å². The van der Waals surface area contributed by atoms with Gasteiger partial charge in [0.05, 0.1) is 0 Å². The average Bonchev–Trinajstić information content (AvgIpc) is 2.43. The lowest BCUT2D eigenvalue weighted by molar-refractivity contribution is 0.454. The van der Waals surface area contributed by atoms with Gasteiger partial charge in [0.1, 0.15) is 5.75 Å². The summed E-state index contributed by atoms with van der Waals surface area (Å²) in [5.74, 6) is 1.20. The number of aromatic hydroxyl groups is 1. The normalized spacial score (nSPS) is 11.6. The number of hydrogen-bond donors (Lipinski definition) is 2. The van der Waals surface area contributed by atoms with Crippen molar-refractivity contribution in [1.82, 2.24) is 5.32 Å². The summed E-state index contributed by atoms with van der Waals surface area (Å²) in [6.45, 7) is 12.8. The van der Waals surface area contributed by atoms with E-state index < -0.39 is 0 Å². The third-order valence-corrected chi connectivity index (χ3v) is 4.01. The SMILES string of the molecule is CCCCCCNCc1cc(C(C)C)c(O)c(C(C)C)c1. The van der Waals surface area contributed by atoms with Gasteiger partial charge in [0, 0.05) is 6.54 Å². The van der Waals surface area contributed by atoms with Crippen LogP contribution in [-0.2, 0) is 6.54 Å². The molecule has 0 radical (unpaired) electrons. The zero-order chi connectivity index (χ0) is 15.8. The molecule has 1 aromatic carbocycles. The quantitative estimate of drug-likeness (QED) is 0.604. The van der Waals surface area contributed by atoms with Gasteiger partial charge in [-0.25, -0.2) is 0 Å². The van der Waals surface area contributed by atoms with E-state index in [1.807, 2.05) is 0 Å². The van der Waals surface area contributed by atoms with Gasteiger partial charge in [0.25, 0.3) is 0 Å². The molecule has 2 N–H and O–H groups in total. The van der Waals surface area contributed by atoms with Gasteiger partial charge < -0.3 is 10.4 Å². The van der Waals surface area contributed by atoms with E-state index in [0.717, 1.165) is 24.2 Å². The Bertz CT molecular complexity index is 395. The Hall–Kier alpha value is -1.02. The maximum absolute atomic E-state index is 10.4. The summed E-state index contributed by atoms with van der Waals surface area (Å²) >= 11 is 0. The number of nitrogens with one attached hydrogen (secondary N) is 1. The van der Waals surface area contributed by atoms with Crippen LogP contribution >= 0.6 is 0 Å². The van der Waals surface area contributed by atoms with Crippen LogP contribution in [0.25, 0.3) is 0 Å². The monoisotopic (exact) mass is 291 g/mol. The fourth-order valence-electron chi connectivity index (χ4n) is 2.64. The second kappa shape index (κ2) is 9.09. The van der Waals surface area contributed by atoms with E-state index in [1.165, 1.54) is 31.2 Å². The van der Waals surface area contributed by atoms with Crippen molar-refractivity contribution in [3.05, 3.63) is 28.8 Å². The fraction of sp³-hybridized carbons (Fsp3) is 0.684. The molecule has 0 bridgehead atoms. The summed E-state index contributed by atoms with van der Waals surface area (Å²) in [4.78, 5) is 0. The first-order chi connectivity index (χ1) is 9.97. The molecule has 0 aromatic heterocycles. The van der Waals surface area contributed by atoms with Crippen LogP contribution in [0.2, 0.25) is 0 Å². The molecular weight excluding hydrogens is 258 g/mol. The molecule has 0 atom stereocenters. The number of phenols is 1. The zero-order valence-corrected chi connectivity index (χ0v) is 14.5. The maximum Gasteiger partial charge on any atom is 0.122 e. The van der Waals surface area contributed by atoms with E-state index >= 15 is 0 Å².